The predicted molar refractivity (Wildman–Crippen MR) is 57.8 cm³/mol. The third-order valence-corrected chi connectivity index (χ3v) is 2.22. The van der Waals surface area contributed by atoms with E-state index in [1.165, 1.54) is 0 Å². The molecule has 3 nitrogen and oxygen atoms in total. The summed E-state index contributed by atoms with van der Waals surface area (Å²) in [7, 11) is 0. The number of anilines is 1. The van der Waals surface area contributed by atoms with E-state index in [1.54, 1.807) is 11.8 Å². The molecule has 1 rings (SSSR count). The van der Waals surface area contributed by atoms with Crippen molar-refractivity contribution >= 4 is 17.6 Å². The van der Waals surface area contributed by atoms with Crippen LogP contribution < -0.4 is 5.73 Å². The van der Waals surface area contributed by atoms with Gasteiger partial charge in [0.15, 0.2) is 0 Å². The Morgan fingerprint density at radius 2 is 2.15 bits per heavy atom. The minimum Gasteiger partial charge on any atom is -0.384 e. The van der Waals surface area contributed by atoms with E-state index >= 15 is 0 Å². The van der Waals surface area contributed by atoms with Gasteiger partial charge in [-0.3, -0.25) is 0 Å². The number of hydrogen-bond donors (Lipinski definition) is 1. The molecule has 0 atom stereocenters. The molecule has 0 bridgehead atoms. The van der Waals surface area contributed by atoms with Crippen molar-refractivity contribution in [3.63, 3.8) is 0 Å². The zero-order chi connectivity index (χ0) is 9.84. The first-order valence-electron chi connectivity index (χ1n) is 4.25. The Balaban J connectivity index is 2.96. The van der Waals surface area contributed by atoms with Crippen molar-refractivity contribution in [2.24, 2.45) is 0 Å². The van der Waals surface area contributed by atoms with Gasteiger partial charge in [0, 0.05) is 11.8 Å². The summed E-state index contributed by atoms with van der Waals surface area (Å²) in [6.45, 7) is 4.20. The molecule has 0 amide bonds. The number of rotatable bonds is 3. The molecule has 72 valence electrons. The molecule has 0 aliphatic heterocycles. The van der Waals surface area contributed by atoms with Crippen LogP contribution in [0.5, 0.6) is 0 Å². The zero-order valence-electron chi connectivity index (χ0n) is 8.24. The Morgan fingerprint density at radius 3 is 2.69 bits per heavy atom. The first-order valence-corrected chi connectivity index (χ1v) is 5.65. The third-order valence-electron chi connectivity index (χ3n) is 1.68. The van der Waals surface area contributed by atoms with Crippen molar-refractivity contribution in [2.45, 2.75) is 25.5 Å². The molecule has 0 spiro atoms. The number of nitrogen functional groups attached to an aromatic ring is 1. The average Bonchev–Trinajstić information content (AvgIpc) is 2.03. The second-order valence-electron chi connectivity index (χ2n) is 3.22. The molecule has 1 aromatic rings. The van der Waals surface area contributed by atoms with Gasteiger partial charge in [0.25, 0.3) is 0 Å². The number of nitrogens with two attached hydrogens (primary N) is 1. The molecule has 0 aliphatic carbocycles. The van der Waals surface area contributed by atoms with E-state index in [4.69, 9.17) is 5.73 Å². The molecular weight excluding hydrogens is 182 g/mol. The molecule has 2 N–H and O–H groups in total. The zero-order valence-corrected chi connectivity index (χ0v) is 9.06. The van der Waals surface area contributed by atoms with Crippen LogP contribution in [0.1, 0.15) is 31.3 Å². The van der Waals surface area contributed by atoms with Gasteiger partial charge >= 0.3 is 0 Å². The fourth-order valence-electron chi connectivity index (χ4n) is 1.03. The smallest absolute Gasteiger partial charge is 0.140 e. The molecule has 1 heterocycles. The van der Waals surface area contributed by atoms with Crippen LogP contribution in [0.2, 0.25) is 0 Å². The van der Waals surface area contributed by atoms with Crippen molar-refractivity contribution in [3.8, 4) is 0 Å². The van der Waals surface area contributed by atoms with Gasteiger partial charge in [0.1, 0.15) is 11.6 Å². The molecule has 0 aliphatic rings. The molecule has 0 saturated carbocycles. The minimum absolute atomic E-state index is 0.408. The number of aromatic nitrogens is 2. The lowest BCUT2D eigenvalue weighted by atomic mass is 10.1. The molecule has 0 fully saturated rings. The average molecular weight is 197 g/mol. The van der Waals surface area contributed by atoms with Gasteiger partial charge in [-0.15, -0.1) is 0 Å². The van der Waals surface area contributed by atoms with Gasteiger partial charge in [0.2, 0.25) is 0 Å². The maximum atomic E-state index is 5.67. The van der Waals surface area contributed by atoms with Crippen LogP contribution in [0, 0.1) is 0 Å². The summed E-state index contributed by atoms with van der Waals surface area (Å²) in [5.41, 5.74) is 6.69. The fourth-order valence-corrected chi connectivity index (χ4v) is 1.42. The highest BCUT2D eigenvalue weighted by Crippen LogP contribution is 2.15. The van der Waals surface area contributed by atoms with Crippen LogP contribution in [0.4, 0.5) is 5.82 Å². The van der Waals surface area contributed by atoms with Crippen LogP contribution in [-0.4, -0.2) is 16.2 Å². The van der Waals surface area contributed by atoms with Crippen molar-refractivity contribution in [1.82, 2.24) is 9.97 Å². The number of nitrogens with zero attached hydrogens (tertiary/aromatic N) is 2. The summed E-state index contributed by atoms with van der Waals surface area (Å²) in [5, 5.41) is 0. The van der Waals surface area contributed by atoms with E-state index in [0.29, 0.717) is 11.7 Å². The van der Waals surface area contributed by atoms with Gasteiger partial charge in [0.05, 0.1) is 5.75 Å². The highest BCUT2D eigenvalue weighted by molar-refractivity contribution is 7.97. The maximum Gasteiger partial charge on any atom is 0.140 e. The highest BCUT2D eigenvalue weighted by Gasteiger charge is 2.05. The second-order valence-corrected chi connectivity index (χ2v) is 4.09. The van der Waals surface area contributed by atoms with Gasteiger partial charge < -0.3 is 5.73 Å². The molecule has 4 heteroatoms. The Morgan fingerprint density at radius 1 is 1.46 bits per heavy atom. The van der Waals surface area contributed by atoms with Gasteiger partial charge in [-0.25, -0.2) is 9.97 Å². The Labute approximate surface area is 83.2 Å². The van der Waals surface area contributed by atoms with Gasteiger partial charge in [-0.1, -0.05) is 13.8 Å². The summed E-state index contributed by atoms with van der Waals surface area (Å²) in [5.74, 6) is 2.63. The van der Waals surface area contributed by atoms with Crippen LogP contribution in [0.25, 0.3) is 0 Å². The highest BCUT2D eigenvalue weighted by atomic mass is 32.2. The Bertz CT molecular complexity index is 286. The van der Waals surface area contributed by atoms with E-state index < -0.39 is 0 Å². The summed E-state index contributed by atoms with van der Waals surface area (Å²) in [6.07, 6.45) is 2.03. The SMILES string of the molecule is CSCc1nc(N)cc(C(C)C)n1. The summed E-state index contributed by atoms with van der Waals surface area (Å²) < 4.78 is 0. The monoisotopic (exact) mass is 197 g/mol. The van der Waals surface area contributed by atoms with Crippen molar-refractivity contribution in [1.29, 1.82) is 0 Å². The lowest BCUT2D eigenvalue weighted by molar-refractivity contribution is 0.801. The van der Waals surface area contributed by atoms with Crippen LogP contribution in [-0.2, 0) is 5.75 Å². The lowest BCUT2D eigenvalue weighted by Gasteiger charge is -2.07. The van der Waals surface area contributed by atoms with Crippen molar-refractivity contribution in [3.05, 3.63) is 17.6 Å². The standard InChI is InChI=1S/C9H15N3S/c1-6(2)7-4-8(10)12-9(11-7)5-13-3/h4,6H,5H2,1-3H3,(H2,10,11,12). The molecule has 13 heavy (non-hydrogen) atoms. The molecule has 0 unspecified atom stereocenters. The number of hydrogen-bond acceptors (Lipinski definition) is 4. The number of thioether (sulfide) groups is 1. The Hall–Kier alpha value is -0.770. The summed E-state index contributed by atoms with van der Waals surface area (Å²) in [4.78, 5) is 8.56. The normalized spacial score (nSPS) is 10.8. The minimum atomic E-state index is 0.408. The lowest BCUT2D eigenvalue weighted by Crippen LogP contribution is -2.03. The van der Waals surface area contributed by atoms with E-state index in [2.05, 4.69) is 23.8 Å². The third kappa shape index (κ3) is 2.88. The topological polar surface area (TPSA) is 51.8 Å². The van der Waals surface area contributed by atoms with Gasteiger partial charge in [-0.05, 0) is 12.2 Å². The second kappa shape index (κ2) is 4.46. The molecule has 1 aromatic heterocycles. The van der Waals surface area contributed by atoms with Crippen molar-refractivity contribution in [2.75, 3.05) is 12.0 Å². The fraction of sp³-hybridized carbons (Fsp3) is 0.556. The molecule has 0 aromatic carbocycles. The largest absolute Gasteiger partial charge is 0.384 e. The van der Waals surface area contributed by atoms with E-state index in [9.17, 15) is 0 Å². The van der Waals surface area contributed by atoms with E-state index in [1.807, 2.05) is 12.3 Å². The Kier molecular flexibility index (Phi) is 3.54. The van der Waals surface area contributed by atoms with Gasteiger partial charge in [-0.2, -0.15) is 11.8 Å². The quantitative estimate of drug-likeness (QED) is 0.805. The van der Waals surface area contributed by atoms with Crippen LogP contribution in [0.3, 0.4) is 0 Å². The summed E-state index contributed by atoms with van der Waals surface area (Å²) >= 11 is 1.70. The molecular formula is C9H15N3S. The summed E-state index contributed by atoms with van der Waals surface area (Å²) in [6, 6.07) is 1.84. The predicted octanol–water partition coefficient (Wildman–Crippen LogP) is 2.05. The molecule has 0 radical (unpaired) electrons. The first-order chi connectivity index (χ1) is 6.13. The molecule has 0 saturated heterocycles. The van der Waals surface area contributed by atoms with E-state index in [-0.39, 0.29) is 0 Å². The van der Waals surface area contributed by atoms with Crippen molar-refractivity contribution < 1.29 is 0 Å². The van der Waals surface area contributed by atoms with E-state index in [0.717, 1.165) is 17.3 Å². The maximum absolute atomic E-state index is 5.67. The van der Waals surface area contributed by atoms with Crippen LogP contribution >= 0.6 is 11.8 Å². The van der Waals surface area contributed by atoms with Crippen LogP contribution in [0.15, 0.2) is 6.07 Å². The first kappa shape index (κ1) is 10.3.